The highest BCUT2D eigenvalue weighted by atomic mass is 32.1. The van der Waals surface area contributed by atoms with Crippen LogP contribution in [0.15, 0.2) is 42.5 Å². The summed E-state index contributed by atoms with van der Waals surface area (Å²) in [7, 11) is 1.74. The lowest BCUT2D eigenvalue weighted by atomic mass is 10.1. The van der Waals surface area contributed by atoms with Crippen molar-refractivity contribution in [1.29, 1.82) is 0 Å². The van der Waals surface area contributed by atoms with Crippen molar-refractivity contribution >= 4 is 39.4 Å². The third-order valence-corrected chi connectivity index (χ3v) is 7.12. The normalized spacial score (nSPS) is 15.0. The number of thiazole rings is 1. The number of ketones is 1. The summed E-state index contributed by atoms with van der Waals surface area (Å²) in [6, 6.07) is 13.4. The summed E-state index contributed by atoms with van der Waals surface area (Å²) in [5.74, 6) is 1.23. The quantitative estimate of drug-likeness (QED) is 0.396. The van der Waals surface area contributed by atoms with Crippen LogP contribution < -0.4 is 25.4 Å². The van der Waals surface area contributed by atoms with Crippen LogP contribution >= 0.6 is 11.3 Å². The van der Waals surface area contributed by atoms with Gasteiger partial charge in [-0.1, -0.05) is 31.6 Å². The zero-order valence-corrected chi connectivity index (χ0v) is 23.2. The van der Waals surface area contributed by atoms with E-state index < -0.39 is 0 Å². The van der Waals surface area contributed by atoms with Crippen LogP contribution in [0.25, 0.3) is 0 Å². The SMILES string of the molecule is CCC.COCCN1CCN(c2ccc(Nc3nc(N)c(C(=O)c4ccc5c(c4)OCCO5)s3)cc2)CC1. The molecule has 1 aromatic heterocycles. The molecule has 38 heavy (non-hydrogen) atoms. The van der Waals surface area contributed by atoms with Crippen molar-refractivity contribution in [3.8, 4) is 11.5 Å². The van der Waals surface area contributed by atoms with Gasteiger partial charge in [0.05, 0.1) is 6.61 Å². The van der Waals surface area contributed by atoms with Crippen LogP contribution in [0.5, 0.6) is 11.5 Å². The zero-order valence-electron chi connectivity index (χ0n) is 22.4. The topological polar surface area (TPSA) is 102 Å². The Hall–Kier alpha value is -3.34. The maximum Gasteiger partial charge on any atom is 0.206 e. The maximum atomic E-state index is 13.1. The number of nitrogen functional groups attached to an aromatic ring is 1. The standard InChI is InChI=1S/C25H29N5O4S.C3H8/c1-32-13-12-29-8-10-30(11-9-29)19-5-3-18(4-6-19)27-25-28-24(26)23(35-25)22(31)17-2-7-20-21(16-17)34-15-14-33-20;1-3-2/h2-7,16H,8-15,26H2,1H3,(H,27,28);3H2,1-2H3. The van der Waals surface area contributed by atoms with E-state index in [1.807, 2.05) is 12.1 Å². The van der Waals surface area contributed by atoms with Gasteiger partial charge in [0.1, 0.15) is 23.9 Å². The van der Waals surface area contributed by atoms with E-state index in [9.17, 15) is 4.79 Å². The average Bonchev–Trinajstić information content (AvgIpc) is 3.32. The molecule has 0 radical (unpaired) electrons. The highest BCUT2D eigenvalue weighted by molar-refractivity contribution is 7.18. The highest BCUT2D eigenvalue weighted by Gasteiger charge is 2.21. The summed E-state index contributed by atoms with van der Waals surface area (Å²) in [5.41, 5.74) is 8.67. The number of rotatable bonds is 8. The molecule has 5 rings (SSSR count). The van der Waals surface area contributed by atoms with Crippen molar-refractivity contribution in [2.24, 2.45) is 0 Å². The molecule has 2 aliphatic rings. The van der Waals surface area contributed by atoms with E-state index >= 15 is 0 Å². The molecule has 9 nitrogen and oxygen atoms in total. The fraction of sp³-hybridized carbons (Fsp3) is 0.429. The van der Waals surface area contributed by atoms with Gasteiger partial charge in [0, 0.05) is 56.8 Å². The van der Waals surface area contributed by atoms with Crippen molar-refractivity contribution in [2.45, 2.75) is 20.3 Å². The van der Waals surface area contributed by atoms with Crippen molar-refractivity contribution in [1.82, 2.24) is 9.88 Å². The number of fused-ring (bicyclic) bond motifs is 1. The Morgan fingerprint density at radius 3 is 2.42 bits per heavy atom. The van der Waals surface area contributed by atoms with E-state index in [0.717, 1.165) is 45.0 Å². The molecule has 10 heteroatoms. The number of nitrogens with zero attached hydrogens (tertiary/aromatic N) is 3. The van der Waals surface area contributed by atoms with Gasteiger partial charge >= 0.3 is 0 Å². The van der Waals surface area contributed by atoms with E-state index in [2.05, 4.69) is 46.1 Å². The highest BCUT2D eigenvalue weighted by Crippen LogP contribution is 2.34. The van der Waals surface area contributed by atoms with Crippen LogP contribution in [0, 0.1) is 0 Å². The number of hydrogen-bond acceptors (Lipinski definition) is 10. The number of carbonyl (C=O) groups excluding carboxylic acids is 1. The number of methoxy groups -OCH3 is 1. The molecule has 2 aliphatic heterocycles. The molecule has 0 atom stereocenters. The van der Waals surface area contributed by atoms with E-state index in [0.29, 0.717) is 40.3 Å². The van der Waals surface area contributed by atoms with Gasteiger partial charge in [-0.05, 0) is 42.5 Å². The van der Waals surface area contributed by atoms with Crippen LogP contribution in [0.2, 0.25) is 0 Å². The smallest absolute Gasteiger partial charge is 0.206 e. The molecule has 2 aromatic carbocycles. The molecule has 3 aromatic rings. The molecule has 3 heterocycles. The van der Waals surface area contributed by atoms with Gasteiger partial charge in [-0.3, -0.25) is 9.69 Å². The van der Waals surface area contributed by atoms with Crippen LogP contribution in [0.1, 0.15) is 35.5 Å². The van der Waals surface area contributed by atoms with Crippen LogP contribution in [0.3, 0.4) is 0 Å². The third kappa shape index (κ3) is 6.94. The molecule has 0 bridgehead atoms. The largest absolute Gasteiger partial charge is 0.486 e. The zero-order chi connectivity index (χ0) is 26.9. The van der Waals surface area contributed by atoms with Crippen LogP contribution in [0.4, 0.5) is 22.3 Å². The second-order valence-electron chi connectivity index (χ2n) is 9.12. The minimum absolute atomic E-state index is 0.190. The molecular formula is C28H37N5O4S. The number of ether oxygens (including phenoxy) is 3. The number of hydrogen-bond donors (Lipinski definition) is 2. The van der Waals surface area contributed by atoms with Gasteiger partial charge in [0.15, 0.2) is 16.6 Å². The summed E-state index contributed by atoms with van der Waals surface area (Å²) in [5, 5.41) is 3.84. The summed E-state index contributed by atoms with van der Waals surface area (Å²) in [6.45, 7) is 11.0. The number of anilines is 4. The predicted molar refractivity (Wildman–Crippen MR) is 154 cm³/mol. The first-order chi connectivity index (χ1) is 18.5. The number of benzene rings is 2. The Balaban J connectivity index is 0.00000107. The Bertz CT molecular complexity index is 1190. The summed E-state index contributed by atoms with van der Waals surface area (Å²) in [4.78, 5) is 22.6. The molecule has 0 spiro atoms. The van der Waals surface area contributed by atoms with Crippen molar-refractivity contribution in [3.63, 3.8) is 0 Å². The Kier molecular flexibility index (Phi) is 9.80. The van der Waals surface area contributed by atoms with Gasteiger partial charge in [-0.15, -0.1) is 0 Å². The lowest BCUT2D eigenvalue weighted by Gasteiger charge is -2.36. The molecule has 204 valence electrons. The minimum Gasteiger partial charge on any atom is -0.486 e. The van der Waals surface area contributed by atoms with Gasteiger partial charge in [0.25, 0.3) is 0 Å². The van der Waals surface area contributed by atoms with E-state index in [4.69, 9.17) is 19.9 Å². The van der Waals surface area contributed by atoms with E-state index in [1.54, 1.807) is 25.3 Å². The summed E-state index contributed by atoms with van der Waals surface area (Å²) in [6.07, 6.45) is 1.25. The summed E-state index contributed by atoms with van der Waals surface area (Å²) < 4.78 is 16.3. The van der Waals surface area contributed by atoms with Crippen molar-refractivity contribution in [2.75, 3.05) is 75.6 Å². The Labute approximate surface area is 228 Å². The Morgan fingerprint density at radius 1 is 1.05 bits per heavy atom. The molecule has 0 unspecified atom stereocenters. The fourth-order valence-electron chi connectivity index (χ4n) is 4.19. The second kappa shape index (κ2) is 13.5. The first-order valence-electron chi connectivity index (χ1n) is 13.1. The molecule has 1 saturated heterocycles. The molecule has 0 saturated carbocycles. The van der Waals surface area contributed by atoms with Gasteiger partial charge in [0.2, 0.25) is 5.78 Å². The molecule has 0 aliphatic carbocycles. The molecule has 3 N–H and O–H groups in total. The molecule has 0 amide bonds. The van der Waals surface area contributed by atoms with E-state index in [-0.39, 0.29) is 11.6 Å². The first kappa shape index (κ1) is 27.7. The Morgan fingerprint density at radius 2 is 1.74 bits per heavy atom. The minimum atomic E-state index is -0.190. The maximum absolute atomic E-state index is 13.1. The second-order valence-corrected chi connectivity index (χ2v) is 10.1. The van der Waals surface area contributed by atoms with Crippen LogP contribution in [-0.2, 0) is 4.74 Å². The number of nitrogens with two attached hydrogens (primary N) is 1. The fourth-order valence-corrected chi connectivity index (χ4v) is 5.06. The average molecular weight is 540 g/mol. The van der Waals surface area contributed by atoms with Gasteiger partial charge < -0.3 is 30.2 Å². The number of aromatic nitrogens is 1. The predicted octanol–water partition coefficient (Wildman–Crippen LogP) is 4.66. The van der Waals surface area contributed by atoms with Crippen molar-refractivity contribution < 1.29 is 19.0 Å². The number of carbonyl (C=O) groups is 1. The summed E-state index contributed by atoms with van der Waals surface area (Å²) >= 11 is 1.24. The first-order valence-corrected chi connectivity index (χ1v) is 13.9. The van der Waals surface area contributed by atoms with Gasteiger partial charge in [-0.2, -0.15) is 0 Å². The monoisotopic (exact) mass is 539 g/mol. The van der Waals surface area contributed by atoms with Crippen LogP contribution in [-0.4, -0.2) is 75.3 Å². The lowest BCUT2D eigenvalue weighted by Crippen LogP contribution is -2.47. The number of nitrogens with one attached hydrogen (secondary N) is 1. The number of piperazine rings is 1. The molecular weight excluding hydrogens is 502 g/mol. The van der Waals surface area contributed by atoms with E-state index in [1.165, 1.54) is 23.4 Å². The lowest BCUT2D eigenvalue weighted by molar-refractivity contribution is 0.104. The molecule has 1 fully saturated rings. The van der Waals surface area contributed by atoms with Crippen molar-refractivity contribution in [3.05, 3.63) is 52.9 Å². The third-order valence-electron chi connectivity index (χ3n) is 6.13. The van der Waals surface area contributed by atoms with Gasteiger partial charge in [-0.25, -0.2) is 4.98 Å².